The van der Waals surface area contributed by atoms with Crippen LogP contribution in [0.1, 0.15) is 22.9 Å². The molecule has 0 saturated carbocycles. The summed E-state index contributed by atoms with van der Waals surface area (Å²) in [6.07, 6.45) is -0.680. The third kappa shape index (κ3) is 3.64. The molecule has 1 aromatic heterocycles. The fourth-order valence-corrected chi connectivity index (χ4v) is 2.67. The highest BCUT2D eigenvalue weighted by Crippen LogP contribution is 2.16. The van der Waals surface area contributed by atoms with Gasteiger partial charge in [0.15, 0.2) is 5.43 Å². The topological polar surface area (TPSA) is 85.3 Å². The van der Waals surface area contributed by atoms with Gasteiger partial charge in [-0.05, 0) is 36.8 Å². The van der Waals surface area contributed by atoms with Crippen molar-refractivity contribution in [1.82, 2.24) is 10.3 Å². The van der Waals surface area contributed by atoms with Crippen LogP contribution in [0.2, 0.25) is 0 Å². The first-order valence-electron chi connectivity index (χ1n) is 7.83. The monoisotopic (exact) mass is 324 g/mol. The molecule has 2 aromatic carbocycles. The molecule has 1 heterocycles. The Morgan fingerprint density at radius 1 is 1.12 bits per heavy atom. The van der Waals surface area contributed by atoms with Gasteiger partial charge in [-0.3, -0.25) is 4.79 Å². The second-order valence-corrected chi connectivity index (χ2v) is 5.95. The number of aromatic amines is 1. The zero-order valence-electron chi connectivity index (χ0n) is 13.4. The Hall–Kier alpha value is -2.63. The number of aromatic nitrogens is 1. The second kappa shape index (κ2) is 6.86. The largest absolute Gasteiger partial charge is 0.508 e. The lowest BCUT2D eigenvalue weighted by Gasteiger charge is -2.12. The lowest BCUT2D eigenvalue weighted by atomic mass is 10.1. The molecule has 3 rings (SSSR count). The maximum Gasteiger partial charge on any atom is 0.189 e. The van der Waals surface area contributed by atoms with Crippen LogP contribution >= 0.6 is 0 Å². The van der Waals surface area contributed by atoms with Crippen molar-refractivity contribution >= 4 is 10.9 Å². The number of hydrogen-bond acceptors (Lipinski definition) is 4. The minimum Gasteiger partial charge on any atom is -0.508 e. The van der Waals surface area contributed by atoms with Gasteiger partial charge in [-0.1, -0.05) is 23.8 Å². The van der Waals surface area contributed by atoms with Crippen molar-refractivity contribution in [3.63, 3.8) is 0 Å². The van der Waals surface area contributed by atoms with E-state index in [1.807, 2.05) is 25.1 Å². The van der Waals surface area contributed by atoms with Gasteiger partial charge in [-0.2, -0.15) is 0 Å². The fourth-order valence-electron chi connectivity index (χ4n) is 2.67. The fraction of sp³-hybridized carbons (Fsp3) is 0.211. The number of pyridine rings is 1. The number of aromatic hydroxyl groups is 1. The van der Waals surface area contributed by atoms with Gasteiger partial charge in [0.1, 0.15) is 5.75 Å². The van der Waals surface area contributed by atoms with Crippen molar-refractivity contribution in [2.75, 3.05) is 6.54 Å². The average Bonchev–Trinajstić information content (AvgIpc) is 2.56. The van der Waals surface area contributed by atoms with Gasteiger partial charge in [-0.15, -0.1) is 0 Å². The second-order valence-electron chi connectivity index (χ2n) is 5.95. The summed E-state index contributed by atoms with van der Waals surface area (Å²) in [4.78, 5) is 15.4. The maximum absolute atomic E-state index is 12.2. The van der Waals surface area contributed by atoms with Gasteiger partial charge in [0, 0.05) is 35.8 Å². The van der Waals surface area contributed by atoms with Crippen molar-refractivity contribution in [3.8, 4) is 5.75 Å². The lowest BCUT2D eigenvalue weighted by Crippen LogP contribution is -2.22. The van der Waals surface area contributed by atoms with E-state index in [0.717, 1.165) is 22.3 Å². The highest BCUT2D eigenvalue weighted by Gasteiger charge is 2.08. The number of aryl methyl sites for hydroxylation is 1. The van der Waals surface area contributed by atoms with E-state index in [1.54, 1.807) is 30.3 Å². The Balaban J connectivity index is 1.66. The standard InChI is InChI=1S/C19H20N2O3/c1-12-2-7-17-16(8-12)18(23)9-14(21-17)10-20-11-19(24)13-3-5-15(22)6-4-13/h2-9,19-20,22,24H,10-11H2,1H3,(H,21,23). The number of rotatable bonds is 5. The van der Waals surface area contributed by atoms with Crippen LogP contribution in [0.5, 0.6) is 5.75 Å². The highest BCUT2D eigenvalue weighted by molar-refractivity contribution is 5.79. The molecule has 0 bridgehead atoms. The van der Waals surface area contributed by atoms with Crippen molar-refractivity contribution in [3.05, 3.63) is 75.6 Å². The minimum atomic E-state index is -0.680. The molecule has 0 spiro atoms. The molecule has 24 heavy (non-hydrogen) atoms. The summed E-state index contributed by atoms with van der Waals surface area (Å²) in [5.41, 5.74) is 3.35. The smallest absolute Gasteiger partial charge is 0.189 e. The summed E-state index contributed by atoms with van der Waals surface area (Å²) >= 11 is 0. The molecule has 0 saturated heterocycles. The molecule has 4 N–H and O–H groups in total. The van der Waals surface area contributed by atoms with Crippen molar-refractivity contribution in [2.45, 2.75) is 19.6 Å². The van der Waals surface area contributed by atoms with Crippen LogP contribution in [0.3, 0.4) is 0 Å². The molecular weight excluding hydrogens is 304 g/mol. The predicted molar refractivity (Wildman–Crippen MR) is 94.1 cm³/mol. The number of phenols is 1. The first-order chi connectivity index (χ1) is 11.5. The van der Waals surface area contributed by atoms with Gasteiger partial charge < -0.3 is 20.5 Å². The first-order valence-corrected chi connectivity index (χ1v) is 7.83. The normalized spacial score (nSPS) is 12.4. The van der Waals surface area contributed by atoms with Crippen molar-refractivity contribution in [1.29, 1.82) is 0 Å². The van der Waals surface area contributed by atoms with E-state index in [0.29, 0.717) is 18.5 Å². The Bertz CT molecular complexity index is 901. The first kappa shape index (κ1) is 16.2. The molecule has 5 nitrogen and oxygen atoms in total. The number of nitrogens with one attached hydrogen (secondary N) is 2. The number of benzene rings is 2. The number of aliphatic hydroxyl groups excluding tert-OH is 1. The molecule has 0 fully saturated rings. The van der Waals surface area contributed by atoms with Crippen LogP contribution < -0.4 is 10.7 Å². The number of fused-ring (bicyclic) bond motifs is 1. The summed E-state index contributed by atoms with van der Waals surface area (Å²) in [6, 6.07) is 13.8. The molecule has 1 atom stereocenters. The quantitative estimate of drug-likeness (QED) is 0.580. The molecule has 1 unspecified atom stereocenters. The van der Waals surface area contributed by atoms with E-state index < -0.39 is 6.10 Å². The highest BCUT2D eigenvalue weighted by atomic mass is 16.3. The number of phenolic OH excluding ortho intramolecular Hbond substituents is 1. The van der Waals surface area contributed by atoms with Crippen LogP contribution in [0.25, 0.3) is 10.9 Å². The molecule has 124 valence electrons. The van der Waals surface area contributed by atoms with E-state index >= 15 is 0 Å². The molecule has 3 aromatic rings. The Labute approximate surface area is 139 Å². The number of H-pyrrole nitrogens is 1. The molecular formula is C19H20N2O3. The number of hydrogen-bond donors (Lipinski definition) is 4. The third-order valence-corrected chi connectivity index (χ3v) is 3.97. The Morgan fingerprint density at radius 3 is 2.62 bits per heavy atom. The van der Waals surface area contributed by atoms with Crippen LogP contribution in [-0.2, 0) is 6.54 Å². The summed E-state index contributed by atoms with van der Waals surface area (Å²) in [5.74, 6) is 0.169. The van der Waals surface area contributed by atoms with E-state index in [4.69, 9.17) is 0 Å². The van der Waals surface area contributed by atoms with E-state index in [2.05, 4.69) is 10.3 Å². The van der Waals surface area contributed by atoms with Gasteiger partial charge in [0.2, 0.25) is 0 Å². The zero-order valence-corrected chi connectivity index (χ0v) is 13.4. The zero-order chi connectivity index (χ0) is 17.1. The Kier molecular flexibility index (Phi) is 4.64. The van der Waals surface area contributed by atoms with E-state index in [1.165, 1.54) is 0 Å². The predicted octanol–water partition coefficient (Wildman–Crippen LogP) is 2.37. The summed E-state index contributed by atoms with van der Waals surface area (Å²) in [5, 5.41) is 23.2. The van der Waals surface area contributed by atoms with Crippen LogP contribution in [-0.4, -0.2) is 21.7 Å². The molecule has 0 amide bonds. The van der Waals surface area contributed by atoms with Crippen LogP contribution in [0.4, 0.5) is 0 Å². The van der Waals surface area contributed by atoms with Gasteiger partial charge in [-0.25, -0.2) is 0 Å². The van der Waals surface area contributed by atoms with Crippen LogP contribution in [0.15, 0.2) is 53.3 Å². The molecule has 0 radical (unpaired) electrons. The molecule has 0 aliphatic rings. The minimum absolute atomic E-state index is 0.0108. The lowest BCUT2D eigenvalue weighted by molar-refractivity contribution is 0.174. The SMILES string of the molecule is Cc1ccc2[nH]c(CNCC(O)c3ccc(O)cc3)cc(=O)c2c1. The summed E-state index contributed by atoms with van der Waals surface area (Å²) in [7, 11) is 0. The number of aliphatic hydroxyl groups is 1. The van der Waals surface area contributed by atoms with Gasteiger partial charge >= 0.3 is 0 Å². The van der Waals surface area contributed by atoms with E-state index in [-0.39, 0.29) is 11.2 Å². The summed E-state index contributed by atoms with van der Waals surface area (Å²) < 4.78 is 0. The molecule has 0 aliphatic heterocycles. The maximum atomic E-state index is 12.2. The van der Waals surface area contributed by atoms with Gasteiger partial charge in [0.25, 0.3) is 0 Å². The third-order valence-electron chi connectivity index (χ3n) is 3.97. The van der Waals surface area contributed by atoms with Crippen LogP contribution in [0, 0.1) is 6.92 Å². The van der Waals surface area contributed by atoms with Crippen molar-refractivity contribution in [2.24, 2.45) is 0 Å². The Morgan fingerprint density at radius 2 is 1.88 bits per heavy atom. The summed E-state index contributed by atoms with van der Waals surface area (Å²) in [6.45, 7) is 2.76. The van der Waals surface area contributed by atoms with E-state index in [9.17, 15) is 15.0 Å². The van der Waals surface area contributed by atoms with Gasteiger partial charge in [0.05, 0.1) is 6.10 Å². The molecule has 5 heteroatoms. The van der Waals surface area contributed by atoms with Crippen molar-refractivity contribution < 1.29 is 10.2 Å². The average molecular weight is 324 g/mol. The molecule has 0 aliphatic carbocycles.